The molecule has 2 aliphatic carbocycles. The fourth-order valence-corrected chi connectivity index (χ4v) is 4.54. The lowest BCUT2D eigenvalue weighted by atomic mass is 9.76. The van der Waals surface area contributed by atoms with E-state index in [1.54, 1.807) is 0 Å². The van der Waals surface area contributed by atoms with Crippen LogP contribution in [0.3, 0.4) is 0 Å². The molecular weight excluding hydrogens is 340 g/mol. The summed E-state index contributed by atoms with van der Waals surface area (Å²) in [6, 6.07) is 0. The molecule has 2 saturated carbocycles. The Balaban J connectivity index is 2.04. The first-order chi connectivity index (χ1) is 12.1. The zero-order valence-corrected chi connectivity index (χ0v) is 14.7. The molecule has 0 aromatic heterocycles. The Hall–Kier alpha value is -1.96. The second-order valence-corrected chi connectivity index (χ2v) is 7.54. The first-order valence-corrected chi connectivity index (χ1v) is 8.57. The van der Waals surface area contributed by atoms with E-state index < -0.39 is 54.3 Å². The van der Waals surface area contributed by atoms with Crippen LogP contribution in [0, 0.1) is 17.8 Å². The van der Waals surface area contributed by atoms with Crippen molar-refractivity contribution in [2.24, 2.45) is 17.8 Å². The molecule has 26 heavy (non-hydrogen) atoms. The Labute approximate surface area is 151 Å². The van der Waals surface area contributed by atoms with Gasteiger partial charge in [-0.25, -0.2) is 9.59 Å². The predicted molar refractivity (Wildman–Crippen MR) is 90.6 cm³/mol. The minimum absolute atomic E-state index is 0.143. The van der Waals surface area contributed by atoms with Gasteiger partial charge in [-0.1, -0.05) is 25.3 Å². The smallest absolute Gasteiger partial charge is 0.334 e. The summed E-state index contributed by atoms with van der Waals surface area (Å²) < 4.78 is 11.0. The molecule has 7 nitrogen and oxygen atoms in total. The standard InChI is InChI=1S/C19H24O7/c1-8(2)17(22)25-12-5-9(3)11-6-13(21)19(24,7-20)15(11)16-14(12)10(4)18(23)26-16/h11-16,20-21,24H,1,3-7H2,2H3/t11-,12-,13-,14+,15-,16-,19+/m0/s1. The lowest BCUT2D eigenvalue weighted by Crippen LogP contribution is -2.53. The van der Waals surface area contributed by atoms with Crippen LogP contribution in [0.15, 0.2) is 36.5 Å². The number of rotatable bonds is 3. The van der Waals surface area contributed by atoms with Crippen LogP contribution in [-0.4, -0.2) is 57.8 Å². The summed E-state index contributed by atoms with van der Waals surface area (Å²) in [5.41, 5.74) is -0.815. The molecule has 0 spiro atoms. The Morgan fingerprint density at radius 2 is 2.08 bits per heavy atom. The van der Waals surface area contributed by atoms with Gasteiger partial charge in [0.1, 0.15) is 17.8 Å². The Morgan fingerprint density at radius 3 is 2.65 bits per heavy atom. The quantitative estimate of drug-likeness (QED) is 0.374. The number of aliphatic hydroxyl groups is 3. The normalized spacial score (nSPS) is 41.9. The van der Waals surface area contributed by atoms with E-state index in [4.69, 9.17) is 9.47 Å². The first kappa shape index (κ1) is 18.8. The summed E-state index contributed by atoms with van der Waals surface area (Å²) in [7, 11) is 0. The van der Waals surface area contributed by atoms with Gasteiger partial charge in [0.15, 0.2) is 0 Å². The van der Waals surface area contributed by atoms with E-state index in [2.05, 4.69) is 19.7 Å². The van der Waals surface area contributed by atoms with Gasteiger partial charge < -0.3 is 24.8 Å². The summed E-state index contributed by atoms with van der Waals surface area (Å²) >= 11 is 0. The Bertz CT molecular complexity index is 696. The van der Waals surface area contributed by atoms with Crippen LogP contribution in [0.5, 0.6) is 0 Å². The third kappa shape index (κ3) is 2.62. The van der Waals surface area contributed by atoms with Gasteiger partial charge >= 0.3 is 11.9 Å². The highest BCUT2D eigenvalue weighted by atomic mass is 16.6. The van der Waals surface area contributed by atoms with Crippen molar-refractivity contribution in [3.05, 3.63) is 36.5 Å². The van der Waals surface area contributed by atoms with E-state index in [0.717, 1.165) is 0 Å². The van der Waals surface area contributed by atoms with E-state index >= 15 is 0 Å². The molecule has 1 heterocycles. The molecule has 0 amide bonds. The Kier molecular flexibility index (Phi) is 4.58. The van der Waals surface area contributed by atoms with E-state index in [-0.39, 0.29) is 29.9 Å². The molecule has 0 bridgehead atoms. The molecule has 1 aliphatic heterocycles. The molecule has 3 aliphatic rings. The zero-order chi connectivity index (χ0) is 19.4. The fourth-order valence-electron chi connectivity index (χ4n) is 4.54. The van der Waals surface area contributed by atoms with Gasteiger partial charge in [0.25, 0.3) is 0 Å². The topological polar surface area (TPSA) is 113 Å². The lowest BCUT2D eigenvalue weighted by molar-refractivity contribution is -0.164. The summed E-state index contributed by atoms with van der Waals surface area (Å²) in [5.74, 6) is -3.08. The van der Waals surface area contributed by atoms with Crippen molar-refractivity contribution in [1.82, 2.24) is 0 Å². The van der Waals surface area contributed by atoms with Gasteiger partial charge in [0.2, 0.25) is 0 Å². The average molecular weight is 364 g/mol. The van der Waals surface area contributed by atoms with Crippen LogP contribution in [0.25, 0.3) is 0 Å². The number of aliphatic hydroxyl groups excluding tert-OH is 2. The summed E-state index contributed by atoms with van der Waals surface area (Å²) in [6.45, 7) is 12.2. The number of carbonyl (C=O) groups is 2. The van der Waals surface area contributed by atoms with Gasteiger partial charge in [-0.15, -0.1) is 0 Å². The van der Waals surface area contributed by atoms with Crippen molar-refractivity contribution >= 4 is 11.9 Å². The van der Waals surface area contributed by atoms with Crippen LogP contribution in [0.1, 0.15) is 19.8 Å². The molecule has 3 N–H and O–H groups in total. The first-order valence-electron chi connectivity index (χ1n) is 8.57. The minimum Gasteiger partial charge on any atom is -0.458 e. The zero-order valence-electron chi connectivity index (χ0n) is 14.7. The summed E-state index contributed by atoms with van der Waals surface area (Å²) in [6.07, 6.45) is -2.39. The summed E-state index contributed by atoms with van der Waals surface area (Å²) in [4.78, 5) is 24.2. The predicted octanol–water partition coefficient (Wildman–Crippen LogP) is 0.252. The van der Waals surface area contributed by atoms with E-state index in [9.17, 15) is 24.9 Å². The number of esters is 2. The van der Waals surface area contributed by atoms with Gasteiger partial charge in [-0.3, -0.25) is 0 Å². The van der Waals surface area contributed by atoms with Crippen LogP contribution in [-0.2, 0) is 19.1 Å². The van der Waals surface area contributed by atoms with E-state index in [1.165, 1.54) is 6.92 Å². The fraction of sp³-hybridized carbons (Fsp3) is 0.579. The molecule has 7 heteroatoms. The monoisotopic (exact) mass is 364 g/mol. The Morgan fingerprint density at radius 1 is 1.42 bits per heavy atom. The van der Waals surface area contributed by atoms with Gasteiger partial charge in [0.05, 0.1) is 18.6 Å². The third-order valence-corrected chi connectivity index (χ3v) is 5.93. The number of hydrogen-bond acceptors (Lipinski definition) is 7. The maximum atomic E-state index is 12.2. The molecule has 3 fully saturated rings. The van der Waals surface area contributed by atoms with Crippen molar-refractivity contribution in [1.29, 1.82) is 0 Å². The highest BCUT2D eigenvalue weighted by molar-refractivity contribution is 5.91. The molecule has 0 radical (unpaired) electrons. The van der Waals surface area contributed by atoms with Crippen molar-refractivity contribution < 1.29 is 34.4 Å². The molecule has 142 valence electrons. The molecule has 7 atom stereocenters. The SMILES string of the molecule is C=C(C)C(=O)O[C@H]1CC(=C)[C@@H]2C[C@H](O)[C@](O)(CO)[C@@H]2[C@H]2OC(=O)C(=C)[C@@H]21. The highest BCUT2D eigenvalue weighted by Crippen LogP contribution is 2.54. The molecule has 3 rings (SSSR count). The van der Waals surface area contributed by atoms with Crippen molar-refractivity contribution in [2.45, 2.75) is 43.7 Å². The molecular formula is C19H24O7. The van der Waals surface area contributed by atoms with Crippen LogP contribution in [0.2, 0.25) is 0 Å². The van der Waals surface area contributed by atoms with Gasteiger partial charge in [-0.2, -0.15) is 0 Å². The number of hydrogen-bond donors (Lipinski definition) is 3. The largest absolute Gasteiger partial charge is 0.458 e. The maximum absolute atomic E-state index is 12.2. The molecule has 0 aromatic carbocycles. The molecule has 1 saturated heterocycles. The number of ether oxygens (including phenoxy) is 2. The van der Waals surface area contributed by atoms with E-state index in [1.807, 2.05) is 0 Å². The highest BCUT2D eigenvalue weighted by Gasteiger charge is 2.64. The minimum atomic E-state index is -1.84. The summed E-state index contributed by atoms with van der Waals surface area (Å²) in [5, 5.41) is 31.0. The average Bonchev–Trinajstić information content (AvgIpc) is 2.97. The van der Waals surface area contributed by atoms with Gasteiger partial charge in [-0.05, 0) is 19.3 Å². The van der Waals surface area contributed by atoms with Gasteiger partial charge in [0, 0.05) is 23.5 Å². The second-order valence-electron chi connectivity index (χ2n) is 7.54. The van der Waals surface area contributed by atoms with Crippen molar-refractivity contribution in [3.8, 4) is 0 Å². The second kappa shape index (κ2) is 6.33. The lowest BCUT2D eigenvalue weighted by Gasteiger charge is -2.37. The maximum Gasteiger partial charge on any atom is 0.334 e. The van der Waals surface area contributed by atoms with Crippen LogP contribution < -0.4 is 0 Å². The number of fused-ring (bicyclic) bond motifs is 3. The molecule has 0 unspecified atom stereocenters. The van der Waals surface area contributed by atoms with E-state index in [0.29, 0.717) is 5.57 Å². The van der Waals surface area contributed by atoms with Crippen molar-refractivity contribution in [3.63, 3.8) is 0 Å². The van der Waals surface area contributed by atoms with Crippen molar-refractivity contribution in [2.75, 3.05) is 6.61 Å². The molecule has 0 aromatic rings. The van der Waals surface area contributed by atoms with Crippen LogP contribution >= 0.6 is 0 Å². The van der Waals surface area contributed by atoms with Crippen LogP contribution in [0.4, 0.5) is 0 Å². The number of carbonyl (C=O) groups excluding carboxylic acids is 2. The third-order valence-electron chi connectivity index (χ3n) is 5.93.